The zero-order valence-electron chi connectivity index (χ0n) is 11.2. The van der Waals surface area contributed by atoms with Crippen molar-refractivity contribution in [1.82, 2.24) is 20.6 Å². The van der Waals surface area contributed by atoms with Gasteiger partial charge in [0.25, 0.3) is 5.91 Å². The van der Waals surface area contributed by atoms with Crippen LogP contribution in [0.15, 0.2) is 42.5 Å². The first-order valence-electron chi connectivity index (χ1n) is 6.34. The molecule has 7 nitrogen and oxygen atoms in total. The number of nitrogens with zero attached hydrogens (tertiary/aromatic N) is 3. The zero-order chi connectivity index (χ0) is 15.5. The van der Waals surface area contributed by atoms with Crippen LogP contribution >= 0.6 is 11.6 Å². The lowest BCUT2D eigenvalue weighted by atomic mass is 10.1. The summed E-state index contributed by atoms with van der Waals surface area (Å²) in [4.78, 5) is 12.2. The predicted molar refractivity (Wildman–Crippen MR) is 83.4 cm³/mol. The molecule has 0 aliphatic rings. The number of hydrogen-bond acceptors (Lipinski definition) is 5. The number of nitrogens with two attached hydrogens (primary N) is 1. The summed E-state index contributed by atoms with van der Waals surface area (Å²) in [5.41, 5.74) is 8.02. The Morgan fingerprint density at radius 3 is 2.59 bits per heavy atom. The average molecular weight is 315 g/mol. The van der Waals surface area contributed by atoms with Crippen LogP contribution in [0.3, 0.4) is 0 Å². The van der Waals surface area contributed by atoms with E-state index in [-0.39, 0.29) is 5.91 Å². The summed E-state index contributed by atoms with van der Waals surface area (Å²) in [6.45, 7) is 0. The smallest absolute Gasteiger partial charge is 0.255 e. The van der Waals surface area contributed by atoms with E-state index < -0.39 is 0 Å². The van der Waals surface area contributed by atoms with E-state index in [1.807, 2.05) is 0 Å². The number of aromatic amines is 1. The first-order valence-corrected chi connectivity index (χ1v) is 6.71. The molecule has 0 atom stereocenters. The number of nitrogen functional groups attached to an aromatic ring is 1. The van der Waals surface area contributed by atoms with Gasteiger partial charge in [-0.1, -0.05) is 11.6 Å². The number of halogens is 1. The molecule has 3 aromatic rings. The maximum atomic E-state index is 12.2. The van der Waals surface area contributed by atoms with Gasteiger partial charge < -0.3 is 11.1 Å². The van der Waals surface area contributed by atoms with E-state index in [0.717, 1.165) is 0 Å². The first kappa shape index (κ1) is 14.0. The Hall–Kier alpha value is -2.93. The molecule has 0 radical (unpaired) electrons. The molecule has 0 aliphatic carbocycles. The van der Waals surface area contributed by atoms with Gasteiger partial charge in [0.05, 0.1) is 0 Å². The van der Waals surface area contributed by atoms with Crippen LogP contribution < -0.4 is 11.1 Å². The summed E-state index contributed by atoms with van der Waals surface area (Å²) in [5.74, 6) is 0.107. The van der Waals surface area contributed by atoms with Gasteiger partial charge in [0.15, 0.2) is 0 Å². The van der Waals surface area contributed by atoms with E-state index in [0.29, 0.717) is 33.3 Å². The van der Waals surface area contributed by atoms with Gasteiger partial charge in [-0.15, -0.1) is 10.2 Å². The number of amides is 1. The van der Waals surface area contributed by atoms with Gasteiger partial charge in [-0.3, -0.25) is 4.79 Å². The molecule has 0 saturated heterocycles. The van der Waals surface area contributed by atoms with Crippen LogP contribution in [0.25, 0.3) is 11.4 Å². The third-order valence-electron chi connectivity index (χ3n) is 3.00. The van der Waals surface area contributed by atoms with Crippen molar-refractivity contribution < 1.29 is 4.79 Å². The van der Waals surface area contributed by atoms with E-state index in [4.69, 9.17) is 17.3 Å². The van der Waals surface area contributed by atoms with Crippen molar-refractivity contribution in [2.24, 2.45) is 0 Å². The maximum Gasteiger partial charge on any atom is 0.255 e. The highest BCUT2D eigenvalue weighted by molar-refractivity contribution is 6.30. The van der Waals surface area contributed by atoms with E-state index in [1.165, 1.54) is 0 Å². The first-order chi connectivity index (χ1) is 10.6. The quantitative estimate of drug-likeness (QED) is 0.643. The van der Waals surface area contributed by atoms with Crippen LogP contribution in [0.2, 0.25) is 5.02 Å². The molecule has 110 valence electrons. The standard InChI is InChI=1S/C14H11ClN6O/c15-9-2-4-10(5-3-9)17-14(22)8-1-6-11(12(16)7-8)13-18-20-21-19-13/h1-7H,16H2,(H,17,22)(H,18,19,20,21). The third-order valence-corrected chi connectivity index (χ3v) is 3.25. The van der Waals surface area contributed by atoms with Crippen molar-refractivity contribution in [3.05, 3.63) is 53.1 Å². The van der Waals surface area contributed by atoms with Crippen molar-refractivity contribution in [2.45, 2.75) is 0 Å². The van der Waals surface area contributed by atoms with E-state index >= 15 is 0 Å². The number of rotatable bonds is 3. The molecule has 0 spiro atoms. The summed E-state index contributed by atoms with van der Waals surface area (Å²) in [6, 6.07) is 11.7. The zero-order valence-corrected chi connectivity index (χ0v) is 12.0. The summed E-state index contributed by atoms with van der Waals surface area (Å²) < 4.78 is 0. The number of carbonyl (C=O) groups excluding carboxylic acids is 1. The van der Waals surface area contributed by atoms with Gasteiger partial charge in [-0.25, -0.2) is 0 Å². The van der Waals surface area contributed by atoms with E-state index in [1.54, 1.807) is 42.5 Å². The van der Waals surface area contributed by atoms with E-state index in [2.05, 4.69) is 25.9 Å². The van der Waals surface area contributed by atoms with Crippen LogP contribution in [-0.2, 0) is 0 Å². The topological polar surface area (TPSA) is 110 Å². The molecule has 0 saturated carbocycles. The fourth-order valence-corrected chi connectivity index (χ4v) is 2.05. The van der Waals surface area contributed by atoms with E-state index in [9.17, 15) is 4.79 Å². The molecule has 8 heteroatoms. The Morgan fingerprint density at radius 2 is 1.95 bits per heavy atom. The summed E-state index contributed by atoms with van der Waals surface area (Å²) >= 11 is 5.80. The normalized spacial score (nSPS) is 10.4. The van der Waals surface area contributed by atoms with Crippen LogP contribution in [0.5, 0.6) is 0 Å². The molecule has 1 amide bonds. The molecule has 0 bridgehead atoms. The summed E-state index contributed by atoms with van der Waals surface area (Å²) in [6.07, 6.45) is 0. The largest absolute Gasteiger partial charge is 0.398 e. The minimum absolute atomic E-state index is 0.270. The summed E-state index contributed by atoms with van der Waals surface area (Å²) in [7, 11) is 0. The molecule has 22 heavy (non-hydrogen) atoms. The Bertz CT molecular complexity index is 801. The summed E-state index contributed by atoms with van der Waals surface area (Å²) in [5, 5.41) is 16.9. The van der Waals surface area contributed by atoms with Crippen LogP contribution in [0.4, 0.5) is 11.4 Å². The van der Waals surface area contributed by atoms with Crippen molar-refractivity contribution in [1.29, 1.82) is 0 Å². The molecule has 2 aromatic carbocycles. The van der Waals surface area contributed by atoms with Crippen molar-refractivity contribution in [3.8, 4) is 11.4 Å². The number of anilines is 2. The molecular weight excluding hydrogens is 304 g/mol. The second kappa shape index (κ2) is 5.82. The number of nitrogens with one attached hydrogen (secondary N) is 2. The number of benzene rings is 2. The second-order valence-electron chi connectivity index (χ2n) is 4.50. The van der Waals surface area contributed by atoms with Crippen molar-refractivity contribution >= 4 is 28.9 Å². The van der Waals surface area contributed by atoms with Gasteiger partial charge in [0.2, 0.25) is 5.82 Å². The molecule has 1 heterocycles. The molecule has 4 N–H and O–H groups in total. The lowest BCUT2D eigenvalue weighted by Crippen LogP contribution is -2.12. The highest BCUT2D eigenvalue weighted by Crippen LogP contribution is 2.23. The lowest BCUT2D eigenvalue weighted by molar-refractivity contribution is 0.102. The lowest BCUT2D eigenvalue weighted by Gasteiger charge is -2.07. The fourth-order valence-electron chi connectivity index (χ4n) is 1.92. The van der Waals surface area contributed by atoms with Gasteiger partial charge in [-0.2, -0.15) is 5.21 Å². The predicted octanol–water partition coefficient (Wildman–Crippen LogP) is 2.35. The van der Waals surface area contributed by atoms with Gasteiger partial charge in [0, 0.05) is 27.5 Å². The monoisotopic (exact) mass is 314 g/mol. The molecule has 3 rings (SSSR count). The highest BCUT2D eigenvalue weighted by atomic mass is 35.5. The minimum Gasteiger partial charge on any atom is -0.398 e. The van der Waals surface area contributed by atoms with Crippen LogP contribution in [0.1, 0.15) is 10.4 Å². The SMILES string of the molecule is Nc1cc(C(=O)Nc2ccc(Cl)cc2)ccc1-c1nn[nH]n1. The molecule has 0 aliphatic heterocycles. The fraction of sp³-hybridized carbons (Fsp3) is 0. The Balaban J connectivity index is 1.81. The number of hydrogen-bond donors (Lipinski definition) is 3. The van der Waals surface area contributed by atoms with Crippen molar-refractivity contribution in [3.63, 3.8) is 0 Å². The van der Waals surface area contributed by atoms with Gasteiger partial charge in [-0.05, 0) is 47.7 Å². The molecule has 1 aromatic heterocycles. The maximum absolute atomic E-state index is 12.2. The van der Waals surface area contributed by atoms with Gasteiger partial charge in [0.1, 0.15) is 0 Å². The average Bonchev–Trinajstić information content (AvgIpc) is 3.03. The Kier molecular flexibility index (Phi) is 3.71. The van der Waals surface area contributed by atoms with Crippen LogP contribution in [0, 0.1) is 0 Å². The Morgan fingerprint density at radius 1 is 1.18 bits per heavy atom. The van der Waals surface area contributed by atoms with Gasteiger partial charge >= 0.3 is 0 Å². The number of tetrazole rings is 1. The second-order valence-corrected chi connectivity index (χ2v) is 4.93. The number of aromatic nitrogens is 4. The number of carbonyl (C=O) groups is 1. The highest BCUT2D eigenvalue weighted by Gasteiger charge is 2.12. The Labute approximate surface area is 130 Å². The molecule has 0 unspecified atom stereocenters. The molecular formula is C14H11ClN6O. The van der Waals surface area contributed by atoms with Crippen molar-refractivity contribution in [2.75, 3.05) is 11.1 Å². The van der Waals surface area contributed by atoms with Crippen LogP contribution in [-0.4, -0.2) is 26.5 Å². The minimum atomic E-state index is -0.270. The number of H-pyrrole nitrogens is 1. The third kappa shape index (κ3) is 2.89. The molecule has 0 fully saturated rings.